The van der Waals surface area contributed by atoms with Crippen LogP contribution < -0.4 is 10.0 Å². The molecule has 0 radical (unpaired) electrons. The predicted molar refractivity (Wildman–Crippen MR) is 92.0 cm³/mol. The summed E-state index contributed by atoms with van der Waals surface area (Å²) in [6.07, 6.45) is 2.35. The lowest BCUT2D eigenvalue weighted by Crippen LogP contribution is -2.50. The molecule has 6 nitrogen and oxygen atoms in total. The van der Waals surface area contributed by atoms with Gasteiger partial charge in [-0.1, -0.05) is 31.4 Å². The summed E-state index contributed by atoms with van der Waals surface area (Å²) in [6, 6.07) is 3.82. The molecule has 0 heterocycles. The molecule has 25 heavy (non-hydrogen) atoms. The molecule has 0 aliphatic heterocycles. The van der Waals surface area contributed by atoms with E-state index in [-0.39, 0.29) is 16.6 Å². The molecule has 2 atom stereocenters. The first-order valence-electron chi connectivity index (χ1n) is 7.80. The van der Waals surface area contributed by atoms with E-state index < -0.39 is 32.2 Å². The van der Waals surface area contributed by atoms with Crippen molar-refractivity contribution in [3.05, 3.63) is 23.0 Å². The van der Waals surface area contributed by atoms with Crippen molar-refractivity contribution in [2.75, 3.05) is 5.32 Å². The average molecular weight is 388 g/mol. The number of benzene rings is 1. The normalized spacial score (nSPS) is 23.7. The number of nitriles is 1. The number of nitrogens with zero attached hydrogens (tertiary/aromatic N) is 1. The van der Waals surface area contributed by atoms with Crippen LogP contribution in [0.1, 0.15) is 39.5 Å². The fourth-order valence-electron chi connectivity index (χ4n) is 3.10. The Morgan fingerprint density at radius 2 is 2.16 bits per heavy atom. The molecule has 0 bridgehead atoms. The van der Waals surface area contributed by atoms with Crippen molar-refractivity contribution >= 4 is 33.2 Å². The summed E-state index contributed by atoms with van der Waals surface area (Å²) in [7, 11) is -4.30. The summed E-state index contributed by atoms with van der Waals surface area (Å²) < 4.78 is 41.9. The summed E-state index contributed by atoms with van der Waals surface area (Å²) >= 11 is 5.95. The Morgan fingerprint density at radius 1 is 1.48 bits per heavy atom. The van der Waals surface area contributed by atoms with Crippen LogP contribution in [0.15, 0.2) is 17.0 Å². The maximum atomic E-state index is 14.3. The van der Waals surface area contributed by atoms with Gasteiger partial charge in [0.15, 0.2) is 0 Å². The highest BCUT2D eigenvalue weighted by atomic mass is 35.5. The standard InChI is InChI=1S/C16H19ClFN3O3S/c1-10-4-3-5-16(8-10,9-19)21-25(23,24)15-6-12(17)14(7-13(15)18)20-11(2)22/h6-7,10,21H,3-5,8H2,1-2H3,(H,20,22)/t10-,16+/m0/s1. The van der Waals surface area contributed by atoms with E-state index in [0.717, 1.165) is 18.6 Å². The first kappa shape index (κ1) is 19.6. The quantitative estimate of drug-likeness (QED) is 0.828. The van der Waals surface area contributed by atoms with Crippen LogP contribution in [0.25, 0.3) is 0 Å². The van der Waals surface area contributed by atoms with Crippen LogP contribution >= 0.6 is 11.6 Å². The zero-order valence-electron chi connectivity index (χ0n) is 13.9. The van der Waals surface area contributed by atoms with Gasteiger partial charge < -0.3 is 5.32 Å². The SMILES string of the molecule is CC(=O)Nc1cc(F)c(S(=O)(=O)N[C@]2(C#N)CCC[C@H](C)C2)cc1Cl. The van der Waals surface area contributed by atoms with Crippen molar-refractivity contribution < 1.29 is 17.6 Å². The van der Waals surface area contributed by atoms with Crippen molar-refractivity contribution in [3.8, 4) is 6.07 Å². The number of halogens is 2. The highest BCUT2D eigenvalue weighted by molar-refractivity contribution is 7.89. The average Bonchev–Trinajstić information content (AvgIpc) is 2.49. The van der Waals surface area contributed by atoms with Gasteiger partial charge in [-0.25, -0.2) is 12.8 Å². The molecule has 9 heteroatoms. The smallest absolute Gasteiger partial charge is 0.244 e. The highest BCUT2D eigenvalue weighted by Crippen LogP contribution is 2.34. The summed E-state index contributed by atoms with van der Waals surface area (Å²) in [5.41, 5.74) is -1.28. The molecule has 2 N–H and O–H groups in total. The minimum atomic E-state index is -4.30. The van der Waals surface area contributed by atoms with Gasteiger partial charge in [0.25, 0.3) is 0 Å². The van der Waals surface area contributed by atoms with Crippen LogP contribution in [0.2, 0.25) is 5.02 Å². The number of rotatable bonds is 4. The number of hydrogen-bond acceptors (Lipinski definition) is 4. The van der Waals surface area contributed by atoms with E-state index in [2.05, 4.69) is 10.0 Å². The van der Waals surface area contributed by atoms with Crippen LogP contribution in [0.5, 0.6) is 0 Å². The molecule has 1 saturated carbocycles. The summed E-state index contributed by atoms with van der Waals surface area (Å²) in [5, 5.41) is 11.7. The van der Waals surface area contributed by atoms with Crippen molar-refractivity contribution in [2.45, 2.75) is 50.0 Å². The summed E-state index contributed by atoms with van der Waals surface area (Å²) in [5.74, 6) is -1.33. The molecule has 1 aliphatic rings. The predicted octanol–water partition coefficient (Wildman–Crippen LogP) is 3.19. The van der Waals surface area contributed by atoms with Gasteiger partial charge >= 0.3 is 0 Å². The molecule has 2 rings (SSSR count). The fourth-order valence-corrected chi connectivity index (χ4v) is 4.82. The van der Waals surface area contributed by atoms with E-state index in [1.807, 2.05) is 13.0 Å². The molecule has 1 fully saturated rings. The highest BCUT2D eigenvalue weighted by Gasteiger charge is 2.40. The van der Waals surface area contributed by atoms with Gasteiger partial charge in [0, 0.05) is 13.0 Å². The van der Waals surface area contributed by atoms with Crippen LogP contribution in [0.3, 0.4) is 0 Å². The third-order valence-corrected chi connectivity index (χ3v) is 6.03. The number of hydrogen-bond donors (Lipinski definition) is 2. The minimum Gasteiger partial charge on any atom is -0.325 e. The lowest BCUT2D eigenvalue weighted by molar-refractivity contribution is -0.114. The first-order valence-corrected chi connectivity index (χ1v) is 9.66. The number of carbonyl (C=O) groups is 1. The maximum Gasteiger partial charge on any atom is 0.244 e. The lowest BCUT2D eigenvalue weighted by atomic mass is 9.78. The van der Waals surface area contributed by atoms with E-state index >= 15 is 0 Å². The number of sulfonamides is 1. The molecule has 0 unspecified atom stereocenters. The molecule has 0 saturated heterocycles. The number of nitrogens with one attached hydrogen (secondary N) is 2. The molecule has 0 aromatic heterocycles. The molecular formula is C16H19ClFN3O3S. The van der Waals surface area contributed by atoms with E-state index in [1.54, 1.807) is 0 Å². The maximum absolute atomic E-state index is 14.3. The van der Waals surface area contributed by atoms with Crippen LogP contribution in [0.4, 0.5) is 10.1 Å². The Balaban J connectivity index is 2.38. The van der Waals surface area contributed by atoms with Crippen molar-refractivity contribution in [1.29, 1.82) is 5.26 Å². The zero-order valence-corrected chi connectivity index (χ0v) is 15.5. The second-order valence-electron chi connectivity index (χ2n) is 6.44. The van der Waals surface area contributed by atoms with Crippen LogP contribution in [-0.4, -0.2) is 19.9 Å². The van der Waals surface area contributed by atoms with E-state index in [4.69, 9.17) is 11.6 Å². The van der Waals surface area contributed by atoms with Crippen molar-refractivity contribution in [3.63, 3.8) is 0 Å². The summed E-state index contributed by atoms with van der Waals surface area (Å²) in [4.78, 5) is 10.4. The Labute approximate surface area is 151 Å². The van der Waals surface area contributed by atoms with Crippen LogP contribution in [-0.2, 0) is 14.8 Å². The minimum absolute atomic E-state index is 0.0214. The second kappa shape index (κ2) is 7.28. The Morgan fingerprint density at radius 3 is 2.72 bits per heavy atom. The molecular weight excluding hydrogens is 369 g/mol. The third kappa shape index (κ3) is 4.48. The lowest BCUT2D eigenvalue weighted by Gasteiger charge is -2.34. The van der Waals surface area contributed by atoms with E-state index in [0.29, 0.717) is 19.3 Å². The number of amides is 1. The van der Waals surface area contributed by atoms with Gasteiger partial charge in [-0.05, 0) is 24.8 Å². The molecule has 1 aromatic rings. The van der Waals surface area contributed by atoms with E-state index in [9.17, 15) is 22.9 Å². The zero-order chi connectivity index (χ0) is 18.8. The Hall–Kier alpha value is -1.69. The van der Waals surface area contributed by atoms with Gasteiger partial charge in [0.1, 0.15) is 16.3 Å². The van der Waals surface area contributed by atoms with Gasteiger partial charge in [-0.2, -0.15) is 9.98 Å². The van der Waals surface area contributed by atoms with E-state index in [1.165, 1.54) is 6.92 Å². The molecule has 1 amide bonds. The Bertz CT molecular complexity index is 838. The molecule has 1 aromatic carbocycles. The van der Waals surface area contributed by atoms with Gasteiger partial charge in [0.05, 0.1) is 16.8 Å². The van der Waals surface area contributed by atoms with Crippen molar-refractivity contribution in [2.24, 2.45) is 5.92 Å². The number of carbonyl (C=O) groups excluding carboxylic acids is 1. The summed E-state index contributed by atoms with van der Waals surface area (Å²) in [6.45, 7) is 3.17. The molecule has 0 spiro atoms. The van der Waals surface area contributed by atoms with Gasteiger partial charge in [0.2, 0.25) is 15.9 Å². The van der Waals surface area contributed by atoms with Crippen molar-refractivity contribution in [1.82, 2.24) is 4.72 Å². The first-order chi connectivity index (χ1) is 11.6. The Kier molecular flexibility index (Phi) is 5.72. The van der Waals surface area contributed by atoms with Crippen LogP contribution in [0, 0.1) is 23.1 Å². The third-order valence-electron chi connectivity index (χ3n) is 4.16. The van der Waals surface area contributed by atoms with Gasteiger partial charge in [-0.3, -0.25) is 4.79 Å². The van der Waals surface area contributed by atoms with Gasteiger partial charge in [-0.15, -0.1) is 0 Å². The number of anilines is 1. The largest absolute Gasteiger partial charge is 0.325 e. The fraction of sp³-hybridized carbons (Fsp3) is 0.500. The second-order valence-corrected chi connectivity index (χ2v) is 8.50. The monoisotopic (exact) mass is 387 g/mol. The topological polar surface area (TPSA) is 99.1 Å². The molecule has 136 valence electrons. The molecule has 1 aliphatic carbocycles.